The van der Waals surface area contributed by atoms with E-state index in [1.165, 1.54) is 6.92 Å². The summed E-state index contributed by atoms with van der Waals surface area (Å²) in [6.07, 6.45) is 0. The van der Waals surface area contributed by atoms with E-state index in [4.69, 9.17) is 0 Å². The third-order valence-electron chi connectivity index (χ3n) is 2.11. The van der Waals surface area contributed by atoms with Gasteiger partial charge in [0.05, 0.1) is 5.69 Å². The molecule has 2 aromatic rings. The fourth-order valence-corrected chi connectivity index (χ4v) is 2.15. The molecule has 2 rings (SSSR count). The molecule has 1 heterocycles. The molecule has 82 valence electrons. The van der Waals surface area contributed by atoms with Crippen LogP contribution in [0.5, 0.6) is 5.75 Å². The summed E-state index contributed by atoms with van der Waals surface area (Å²) < 4.78 is 0. The fourth-order valence-electron chi connectivity index (χ4n) is 1.42. The van der Waals surface area contributed by atoms with Gasteiger partial charge in [0, 0.05) is 11.8 Å². The van der Waals surface area contributed by atoms with Crippen LogP contribution in [0.4, 0.5) is 5.69 Å². The number of rotatable bonds is 2. The molecule has 0 aliphatic carbocycles. The van der Waals surface area contributed by atoms with Gasteiger partial charge in [-0.05, 0) is 29.1 Å². The molecule has 1 aromatic carbocycles. The van der Waals surface area contributed by atoms with E-state index in [0.29, 0.717) is 5.69 Å². The number of carbonyl (C=O) groups excluding carboxylic acids is 1. The van der Waals surface area contributed by atoms with Gasteiger partial charge in [-0.1, -0.05) is 12.1 Å². The molecule has 3 nitrogen and oxygen atoms in total. The third-order valence-corrected chi connectivity index (χ3v) is 3.03. The van der Waals surface area contributed by atoms with E-state index in [-0.39, 0.29) is 11.7 Å². The first-order valence-electron chi connectivity index (χ1n) is 4.81. The Morgan fingerprint density at radius 1 is 1.38 bits per heavy atom. The van der Waals surface area contributed by atoms with E-state index >= 15 is 0 Å². The number of anilines is 1. The number of nitrogens with one attached hydrogen (secondary N) is 1. The molecular formula is C12H11NO2S. The first-order chi connectivity index (χ1) is 7.66. The molecule has 0 spiro atoms. The van der Waals surface area contributed by atoms with Crippen molar-refractivity contribution in [2.45, 2.75) is 6.92 Å². The average Bonchev–Trinajstić information content (AvgIpc) is 2.73. The number of amides is 1. The van der Waals surface area contributed by atoms with Crippen molar-refractivity contribution in [1.29, 1.82) is 0 Å². The van der Waals surface area contributed by atoms with Crippen molar-refractivity contribution >= 4 is 22.9 Å². The second-order valence-electron chi connectivity index (χ2n) is 3.39. The van der Waals surface area contributed by atoms with Crippen LogP contribution in [-0.2, 0) is 4.79 Å². The Morgan fingerprint density at radius 2 is 2.19 bits per heavy atom. The summed E-state index contributed by atoms with van der Waals surface area (Å²) in [5, 5.41) is 14.3. The summed E-state index contributed by atoms with van der Waals surface area (Å²) in [5.74, 6) is -0.111. The molecule has 0 atom stereocenters. The highest BCUT2D eigenvalue weighted by Gasteiger charge is 2.05. The summed E-state index contributed by atoms with van der Waals surface area (Å²) in [5.41, 5.74) is 1.38. The molecule has 2 N–H and O–H groups in total. The SMILES string of the molecule is CC(=O)Nc1ccc(-c2cccs2)cc1O. The number of thiophene rings is 1. The molecule has 0 saturated heterocycles. The minimum Gasteiger partial charge on any atom is -0.506 e. The van der Waals surface area contributed by atoms with Gasteiger partial charge in [0.2, 0.25) is 5.91 Å². The lowest BCUT2D eigenvalue weighted by Crippen LogP contribution is -2.05. The van der Waals surface area contributed by atoms with Crippen LogP contribution in [0.25, 0.3) is 10.4 Å². The highest BCUT2D eigenvalue weighted by atomic mass is 32.1. The maximum atomic E-state index is 10.9. The average molecular weight is 233 g/mol. The maximum absolute atomic E-state index is 10.9. The smallest absolute Gasteiger partial charge is 0.221 e. The van der Waals surface area contributed by atoms with Gasteiger partial charge in [-0.15, -0.1) is 11.3 Å². The first kappa shape index (κ1) is 10.7. The number of phenolic OH excluding ortho intramolecular Hbond substituents is 1. The second-order valence-corrected chi connectivity index (χ2v) is 4.34. The van der Waals surface area contributed by atoms with Crippen molar-refractivity contribution in [1.82, 2.24) is 0 Å². The number of hydrogen-bond acceptors (Lipinski definition) is 3. The van der Waals surface area contributed by atoms with Crippen LogP contribution < -0.4 is 5.32 Å². The van der Waals surface area contributed by atoms with Gasteiger partial charge < -0.3 is 10.4 Å². The van der Waals surface area contributed by atoms with Gasteiger partial charge in [-0.25, -0.2) is 0 Å². The van der Waals surface area contributed by atoms with E-state index in [1.54, 1.807) is 23.5 Å². The fraction of sp³-hybridized carbons (Fsp3) is 0.0833. The second kappa shape index (κ2) is 4.37. The topological polar surface area (TPSA) is 49.3 Å². The van der Waals surface area contributed by atoms with Crippen molar-refractivity contribution in [2.24, 2.45) is 0 Å². The molecule has 0 saturated carbocycles. The number of benzene rings is 1. The quantitative estimate of drug-likeness (QED) is 0.783. The first-order valence-corrected chi connectivity index (χ1v) is 5.69. The lowest BCUT2D eigenvalue weighted by atomic mass is 10.1. The monoisotopic (exact) mass is 233 g/mol. The predicted octanol–water partition coefficient (Wildman–Crippen LogP) is 3.08. The Labute approximate surface area is 97.4 Å². The van der Waals surface area contributed by atoms with E-state index in [9.17, 15) is 9.90 Å². The normalized spacial score (nSPS) is 10.1. The van der Waals surface area contributed by atoms with Gasteiger partial charge in [0.15, 0.2) is 0 Å². The van der Waals surface area contributed by atoms with Crippen LogP contribution in [-0.4, -0.2) is 11.0 Å². The lowest BCUT2D eigenvalue weighted by molar-refractivity contribution is -0.114. The molecule has 0 radical (unpaired) electrons. The molecule has 0 bridgehead atoms. The van der Waals surface area contributed by atoms with Crippen LogP contribution in [0.1, 0.15) is 6.92 Å². The van der Waals surface area contributed by atoms with E-state index in [1.807, 2.05) is 23.6 Å². The van der Waals surface area contributed by atoms with Crippen molar-refractivity contribution in [3.8, 4) is 16.2 Å². The van der Waals surface area contributed by atoms with Gasteiger partial charge in [0.25, 0.3) is 0 Å². The van der Waals surface area contributed by atoms with E-state index < -0.39 is 0 Å². The lowest BCUT2D eigenvalue weighted by Gasteiger charge is -2.06. The molecule has 0 aliphatic heterocycles. The molecule has 0 aliphatic rings. The minimum atomic E-state index is -0.195. The Morgan fingerprint density at radius 3 is 2.75 bits per heavy atom. The molecule has 0 unspecified atom stereocenters. The minimum absolute atomic E-state index is 0.0844. The van der Waals surface area contributed by atoms with Crippen molar-refractivity contribution < 1.29 is 9.90 Å². The largest absolute Gasteiger partial charge is 0.506 e. The molecule has 4 heteroatoms. The number of hydrogen-bond donors (Lipinski definition) is 2. The van der Waals surface area contributed by atoms with Gasteiger partial charge >= 0.3 is 0 Å². The van der Waals surface area contributed by atoms with Crippen LogP contribution in [0.15, 0.2) is 35.7 Å². The Balaban J connectivity index is 2.33. The van der Waals surface area contributed by atoms with Gasteiger partial charge in [0.1, 0.15) is 5.75 Å². The summed E-state index contributed by atoms with van der Waals surface area (Å²) in [4.78, 5) is 11.9. The van der Waals surface area contributed by atoms with Crippen molar-refractivity contribution in [2.75, 3.05) is 5.32 Å². The van der Waals surface area contributed by atoms with Crippen LogP contribution in [0.2, 0.25) is 0 Å². The van der Waals surface area contributed by atoms with Crippen molar-refractivity contribution in [3.63, 3.8) is 0 Å². The standard InChI is InChI=1S/C12H11NO2S/c1-8(14)13-10-5-4-9(7-11(10)15)12-3-2-6-16-12/h2-7,15H,1H3,(H,13,14). The zero-order chi connectivity index (χ0) is 11.5. The predicted molar refractivity (Wildman–Crippen MR) is 65.7 cm³/mol. The number of aromatic hydroxyl groups is 1. The van der Waals surface area contributed by atoms with Crippen LogP contribution in [0, 0.1) is 0 Å². The molecule has 0 fully saturated rings. The highest BCUT2D eigenvalue weighted by Crippen LogP contribution is 2.31. The Hall–Kier alpha value is -1.81. The molecule has 16 heavy (non-hydrogen) atoms. The maximum Gasteiger partial charge on any atom is 0.221 e. The Kier molecular flexibility index (Phi) is 2.92. The van der Waals surface area contributed by atoms with Crippen LogP contribution >= 0.6 is 11.3 Å². The summed E-state index contributed by atoms with van der Waals surface area (Å²) >= 11 is 1.61. The zero-order valence-corrected chi connectivity index (χ0v) is 9.54. The summed E-state index contributed by atoms with van der Waals surface area (Å²) in [6, 6.07) is 9.16. The number of carbonyl (C=O) groups is 1. The van der Waals surface area contributed by atoms with Gasteiger partial charge in [-0.2, -0.15) is 0 Å². The highest BCUT2D eigenvalue weighted by molar-refractivity contribution is 7.13. The van der Waals surface area contributed by atoms with E-state index in [2.05, 4.69) is 5.32 Å². The molecule has 1 aromatic heterocycles. The van der Waals surface area contributed by atoms with E-state index in [0.717, 1.165) is 10.4 Å². The van der Waals surface area contributed by atoms with Gasteiger partial charge in [-0.3, -0.25) is 4.79 Å². The molecular weight excluding hydrogens is 222 g/mol. The third kappa shape index (κ3) is 2.23. The number of phenols is 1. The van der Waals surface area contributed by atoms with Crippen molar-refractivity contribution in [3.05, 3.63) is 35.7 Å². The summed E-state index contributed by atoms with van der Waals surface area (Å²) in [7, 11) is 0. The van der Waals surface area contributed by atoms with Crippen LogP contribution in [0.3, 0.4) is 0 Å². The molecule has 1 amide bonds. The Bertz CT molecular complexity index is 506. The summed E-state index contributed by atoms with van der Waals surface area (Å²) in [6.45, 7) is 1.41. The zero-order valence-electron chi connectivity index (χ0n) is 8.73.